The number of nitrogens with zero attached hydrogens (tertiary/aromatic N) is 1. The molecule has 0 bridgehead atoms. The zero-order valence-electron chi connectivity index (χ0n) is 12.6. The van der Waals surface area contributed by atoms with E-state index in [-0.39, 0.29) is 5.75 Å². The van der Waals surface area contributed by atoms with Gasteiger partial charge >= 0.3 is 0 Å². The quantitative estimate of drug-likeness (QED) is 0.731. The molecule has 2 nitrogen and oxygen atoms in total. The third-order valence-corrected chi connectivity index (χ3v) is 3.95. The largest absolute Gasteiger partial charge is 0.506 e. The first-order valence-electron chi connectivity index (χ1n) is 7.15. The summed E-state index contributed by atoms with van der Waals surface area (Å²) >= 11 is 5.99. The minimum atomic E-state index is 0.0760. The molecular formula is C18H20ClNO. The van der Waals surface area contributed by atoms with Crippen LogP contribution in [0.15, 0.2) is 41.4 Å². The lowest BCUT2D eigenvalue weighted by Gasteiger charge is -2.11. The topological polar surface area (TPSA) is 32.6 Å². The number of aromatic hydroxyl groups is 1. The Labute approximate surface area is 131 Å². The molecule has 0 saturated carbocycles. The molecule has 0 fully saturated rings. The van der Waals surface area contributed by atoms with Gasteiger partial charge in [-0.1, -0.05) is 43.6 Å². The van der Waals surface area contributed by atoms with Gasteiger partial charge in [-0.2, -0.15) is 0 Å². The maximum atomic E-state index is 10.0. The van der Waals surface area contributed by atoms with E-state index in [1.807, 2.05) is 31.2 Å². The lowest BCUT2D eigenvalue weighted by atomic mass is 9.97. The molecule has 110 valence electrons. The second kappa shape index (κ2) is 6.77. The van der Waals surface area contributed by atoms with E-state index in [0.29, 0.717) is 16.5 Å². The summed E-state index contributed by atoms with van der Waals surface area (Å²) in [4.78, 5) is 4.54. The number of phenols is 1. The summed E-state index contributed by atoms with van der Waals surface area (Å²) in [7, 11) is 0. The second-order valence-corrected chi connectivity index (χ2v) is 5.72. The summed E-state index contributed by atoms with van der Waals surface area (Å²) < 4.78 is 0. The molecule has 0 saturated heterocycles. The van der Waals surface area contributed by atoms with Crippen LogP contribution in [0.2, 0.25) is 5.02 Å². The van der Waals surface area contributed by atoms with Crippen molar-refractivity contribution in [3.63, 3.8) is 0 Å². The number of para-hydroxylation sites is 1. The van der Waals surface area contributed by atoms with Crippen LogP contribution < -0.4 is 0 Å². The molecule has 0 aliphatic heterocycles. The van der Waals surface area contributed by atoms with E-state index in [1.54, 1.807) is 12.3 Å². The third-order valence-electron chi connectivity index (χ3n) is 3.66. The summed E-state index contributed by atoms with van der Waals surface area (Å²) in [6.45, 7) is 6.29. The number of halogens is 1. The van der Waals surface area contributed by atoms with E-state index in [9.17, 15) is 5.11 Å². The number of benzene rings is 2. The highest BCUT2D eigenvalue weighted by Crippen LogP contribution is 2.31. The number of rotatable bonds is 4. The number of aryl methyl sites for hydroxylation is 1. The van der Waals surface area contributed by atoms with E-state index in [1.165, 1.54) is 5.56 Å². The molecule has 3 heteroatoms. The predicted molar refractivity (Wildman–Crippen MR) is 90.3 cm³/mol. The maximum Gasteiger partial charge on any atom is 0.142 e. The first-order valence-corrected chi connectivity index (χ1v) is 7.52. The predicted octanol–water partition coefficient (Wildman–Crippen LogP) is 5.62. The first-order chi connectivity index (χ1) is 10.0. The zero-order valence-corrected chi connectivity index (χ0v) is 13.4. The molecule has 2 aromatic rings. The monoisotopic (exact) mass is 301 g/mol. The van der Waals surface area contributed by atoms with E-state index in [4.69, 9.17) is 11.6 Å². The fraction of sp³-hybridized carbons (Fsp3) is 0.278. The molecule has 0 aliphatic carbocycles. The Balaban J connectivity index is 2.39. The highest BCUT2D eigenvalue weighted by atomic mass is 35.5. The molecule has 21 heavy (non-hydrogen) atoms. The number of phenolic OH excluding ortho intramolecular Hbond substituents is 1. The standard InChI is InChI=1S/C18H20ClNO/c1-4-13(3)15-7-5-6-8-17(15)20-11-14-9-12(2)10-16(19)18(14)21/h5-11,13,21H,4H2,1-3H3/t13-/m1/s1. The van der Waals surface area contributed by atoms with Crippen molar-refractivity contribution in [2.45, 2.75) is 33.1 Å². The molecule has 2 aromatic carbocycles. The Morgan fingerprint density at radius 3 is 2.71 bits per heavy atom. The van der Waals surface area contributed by atoms with Gasteiger partial charge in [0.05, 0.1) is 10.7 Å². The van der Waals surface area contributed by atoms with Crippen molar-refractivity contribution in [3.05, 3.63) is 58.1 Å². The molecule has 0 heterocycles. The lowest BCUT2D eigenvalue weighted by Crippen LogP contribution is -1.92. The summed E-state index contributed by atoms with van der Waals surface area (Å²) in [6, 6.07) is 11.7. The smallest absolute Gasteiger partial charge is 0.142 e. The van der Waals surface area contributed by atoms with Gasteiger partial charge in [-0.05, 0) is 48.6 Å². The Morgan fingerprint density at radius 2 is 2.00 bits per heavy atom. The molecule has 1 atom stereocenters. The van der Waals surface area contributed by atoms with Crippen LogP contribution in [0.1, 0.15) is 42.9 Å². The lowest BCUT2D eigenvalue weighted by molar-refractivity contribution is 0.474. The van der Waals surface area contributed by atoms with Crippen molar-refractivity contribution in [1.82, 2.24) is 0 Å². The molecule has 0 aromatic heterocycles. The molecule has 0 radical (unpaired) electrons. The average molecular weight is 302 g/mol. The van der Waals surface area contributed by atoms with Crippen LogP contribution in [-0.2, 0) is 0 Å². The van der Waals surface area contributed by atoms with E-state index >= 15 is 0 Å². The fourth-order valence-corrected chi connectivity index (χ4v) is 2.52. The van der Waals surface area contributed by atoms with Gasteiger partial charge < -0.3 is 5.11 Å². The van der Waals surface area contributed by atoms with Gasteiger partial charge in [-0.3, -0.25) is 4.99 Å². The average Bonchev–Trinajstić information content (AvgIpc) is 2.49. The number of hydrogen-bond acceptors (Lipinski definition) is 2. The summed E-state index contributed by atoms with van der Waals surface area (Å²) in [5.74, 6) is 0.528. The van der Waals surface area contributed by atoms with Crippen molar-refractivity contribution >= 4 is 23.5 Å². The Kier molecular flexibility index (Phi) is 5.03. The van der Waals surface area contributed by atoms with Crippen LogP contribution in [0.25, 0.3) is 0 Å². The van der Waals surface area contributed by atoms with Crippen LogP contribution >= 0.6 is 11.6 Å². The second-order valence-electron chi connectivity index (χ2n) is 5.31. The SMILES string of the molecule is CC[C@@H](C)c1ccccc1N=Cc1cc(C)cc(Cl)c1O. The van der Waals surface area contributed by atoms with Gasteiger partial charge in [0.2, 0.25) is 0 Å². The number of hydrogen-bond donors (Lipinski definition) is 1. The fourth-order valence-electron chi connectivity index (χ4n) is 2.24. The maximum absolute atomic E-state index is 10.0. The highest BCUT2D eigenvalue weighted by Gasteiger charge is 2.08. The summed E-state index contributed by atoms with van der Waals surface area (Å²) in [5, 5.41) is 10.4. The van der Waals surface area contributed by atoms with Crippen LogP contribution in [0, 0.1) is 6.92 Å². The first kappa shape index (κ1) is 15.6. The van der Waals surface area contributed by atoms with Crippen molar-refractivity contribution in [3.8, 4) is 5.75 Å². The van der Waals surface area contributed by atoms with E-state index in [2.05, 4.69) is 24.9 Å². The molecule has 0 spiro atoms. The molecule has 0 unspecified atom stereocenters. The summed E-state index contributed by atoms with van der Waals surface area (Å²) in [6.07, 6.45) is 2.74. The van der Waals surface area contributed by atoms with Crippen molar-refractivity contribution in [2.75, 3.05) is 0 Å². The van der Waals surface area contributed by atoms with Crippen molar-refractivity contribution in [1.29, 1.82) is 0 Å². The van der Waals surface area contributed by atoms with E-state index in [0.717, 1.165) is 17.7 Å². The van der Waals surface area contributed by atoms with Crippen LogP contribution in [0.3, 0.4) is 0 Å². The van der Waals surface area contributed by atoms with Gasteiger partial charge in [0, 0.05) is 11.8 Å². The van der Waals surface area contributed by atoms with Crippen LogP contribution in [0.5, 0.6) is 5.75 Å². The Morgan fingerprint density at radius 1 is 1.29 bits per heavy atom. The van der Waals surface area contributed by atoms with Crippen LogP contribution in [-0.4, -0.2) is 11.3 Å². The van der Waals surface area contributed by atoms with Gasteiger partial charge in [-0.15, -0.1) is 0 Å². The molecule has 2 rings (SSSR count). The van der Waals surface area contributed by atoms with E-state index < -0.39 is 0 Å². The summed E-state index contributed by atoms with van der Waals surface area (Å²) in [5.41, 5.74) is 3.78. The minimum Gasteiger partial charge on any atom is -0.506 e. The molecule has 0 amide bonds. The van der Waals surface area contributed by atoms with Crippen LogP contribution in [0.4, 0.5) is 5.69 Å². The van der Waals surface area contributed by atoms with Crippen molar-refractivity contribution in [2.24, 2.45) is 4.99 Å². The Bertz CT molecular complexity index is 664. The number of aliphatic imine (C=N–C) groups is 1. The normalized spacial score (nSPS) is 12.8. The third kappa shape index (κ3) is 3.64. The molecule has 1 N–H and O–H groups in total. The van der Waals surface area contributed by atoms with Gasteiger partial charge in [0.25, 0.3) is 0 Å². The minimum absolute atomic E-state index is 0.0760. The van der Waals surface area contributed by atoms with Gasteiger partial charge in [0.15, 0.2) is 0 Å². The molecular weight excluding hydrogens is 282 g/mol. The van der Waals surface area contributed by atoms with Gasteiger partial charge in [0.1, 0.15) is 5.75 Å². The van der Waals surface area contributed by atoms with Crippen molar-refractivity contribution < 1.29 is 5.11 Å². The van der Waals surface area contributed by atoms with Gasteiger partial charge in [-0.25, -0.2) is 0 Å². The zero-order chi connectivity index (χ0) is 15.4. The Hall–Kier alpha value is -1.80. The molecule has 0 aliphatic rings. The highest BCUT2D eigenvalue weighted by molar-refractivity contribution is 6.32.